The van der Waals surface area contributed by atoms with Crippen LogP contribution < -0.4 is 15.9 Å². The highest BCUT2D eigenvalue weighted by Crippen LogP contribution is 2.43. The number of halogens is 7. The Morgan fingerprint density at radius 1 is 1.24 bits per heavy atom. The summed E-state index contributed by atoms with van der Waals surface area (Å²) in [5.41, 5.74) is 6.10. The van der Waals surface area contributed by atoms with E-state index in [1.807, 2.05) is 0 Å². The molecule has 1 heterocycles. The van der Waals surface area contributed by atoms with Gasteiger partial charge >= 0.3 is 12.5 Å². The minimum absolute atomic E-state index is 0.120. The van der Waals surface area contributed by atoms with Crippen molar-refractivity contribution in [3.63, 3.8) is 0 Å². The lowest BCUT2D eigenvalue weighted by Gasteiger charge is -2.17. The molecule has 0 aliphatic heterocycles. The van der Waals surface area contributed by atoms with Gasteiger partial charge in [0.2, 0.25) is 5.13 Å². The number of rotatable bonds is 4. The molecular weight excluding hydrogens is 442 g/mol. The van der Waals surface area contributed by atoms with E-state index in [1.54, 1.807) is 0 Å². The van der Waals surface area contributed by atoms with E-state index in [1.165, 1.54) is 5.38 Å². The van der Waals surface area contributed by atoms with Crippen LogP contribution in [0.25, 0.3) is 0 Å². The second kappa shape index (κ2) is 7.07. The Hall–Kier alpha value is -2.02. The van der Waals surface area contributed by atoms with E-state index in [0.29, 0.717) is 11.2 Å². The van der Waals surface area contributed by atoms with E-state index in [9.17, 15) is 26.3 Å². The Balaban J connectivity index is 2.32. The minimum Gasteiger partial charge on any atom is -0.404 e. The number of hydrogen-bond donors (Lipinski definition) is 2. The summed E-state index contributed by atoms with van der Waals surface area (Å²) >= 11 is 3.76. The van der Waals surface area contributed by atoms with Crippen LogP contribution in [0.5, 0.6) is 5.75 Å². The molecular formula is C12H7BrF6N4OS. The van der Waals surface area contributed by atoms with Crippen LogP contribution in [0.4, 0.5) is 37.3 Å². The normalized spacial score (nSPS) is 12.6. The average Bonchev–Trinajstić information content (AvgIpc) is 2.84. The van der Waals surface area contributed by atoms with E-state index in [2.05, 4.69) is 36.2 Å². The summed E-state index contributed by atoms with van der Waals surface area (Å²) in [6.45, 7) is 0. The third-order valence-electron chi connectivity index (χ3n) is 2.48. The predicted octanol–water partition coefficient (Wildman–Crippen LogP) is 4.85. The third kappa shape index (κ3) is 5.49. The number of nitrogens with zero attached hydrogens (tertiary/aromatic N) is 2. The Labute approximate surface area is 148 Å². The lowest BCUT2D eigenvalue weighted by atomic mass is 10.1. The molecule has 0 fully saturated rings. The zero-order valence-electron chi connectivity index (χ0n) is 11.7. The van der Waals surface area contributed by atoms with Crippen molar-refractivity contribution in [1.82, 2.24) is 4.98 Å². The molecule has 0 bridgehead atoms. The van der Waals surface area contributed by atoms with Gasteiger partial charge in [0.15, 0.2) is 5.75 Å². The van der Waals surface area contributed by atoms with Crippen molar-refractivity contribution < 1.29 is 31.1 Å². The van der Waals surface area contributed by atoms with Gasteiger partial charge in [-0.25, -0.2) is 4.98 Å². The van der Waals surface area contributed by atoms with E-state index < -0.39 is 28.3 Å². The van der Waals surface area contributed by atoms with Gasteiger partial charge in [-0.05, 0) is 33.6 Å². The van der Waals surface area contributed by atoms with Gasteiger partial charge in [0, 0.05) is 5.38 Å². The van der Waals surface area contributed by atoms with Crippen molar-refractivity contribution >= 4 is 44.4 Å². The topological polar surface area (TPSA) is 72.5 Å². The van der Waals surface area contributed by atoms with Gasteiger partial charge in [0.25, 0.3) is 0 Å². The number of nitrogens with one attached hydrogen (secondary N) is 1. The fraction of sp³-hybridized carbons (Fsp3) is 0.167. The van der Waals surface area contributed by atoms with E-state index in [4.69, 9.17) is 5.73 Å². The molecule has 5 nitrogen and oxygen atoms in total. The van der Waals surface area contributed by atoms with Crippen LogP contribution in [0.1, 0.15) is 11.1 Å². The number of alkyl halides is 6. The fourth-order valence-electron chi connectivity index (χ4n) is 1.62. The molecule has 2 aromatic rings. The first kappa shape index (κ1) is 19.3. The number of ether oxygens (including phenoxy) is 1. The van der Waals surface area contributed by atoms with Crippen LogP contribution in [-0.4, -0.2) is 17.6 Å². The number of hydrogen-bond acceptors (Lipinski definition) is 6. The summed E-state index contributed by atoms with van der Waals surface area (Å²) in [5, 5.41) is 5.47. The molecule has 3 N–H and O–H groups in total. The van der Waals surface area contributed by atoms with Crippen LogP contribution in [0, 0.1) is 0 Å². The summed E-state index contributed by atoms with van der Waals surface area (Å²) in [6.07, 6.45) is -9.36. The number of nitrogens with two attached hydrogens (primary N) is 1. The first-order valence-electron chi connectivity index (χ1n) is 6.12. The van der Waals surface area contributed by atoms with Gasteiger partial charge in [-0.15, -0.1) is 24.5 Å². The molecule has 0 atom stereocenters. The minimum atomic E-state index is -5.27. The van der Waals surface area contributed by atoms with Crippen molar-refractivity contribution in [3.8, 4) is 5.75 Å². The van der Waals surface area contributed by atoms with Gasteiger partial charge in [-0.1, -0.05) is 0 Å². The smallest absolute Gasteiger partial charge is 0.404 e. The molecule has 25 heavy (non-hydrogen) atoms. The SMILES string of the molecule is Nc1csc(NN=Cc2cc(Br)c(OC(F)(F)F)c(C(F)(F)F)c2)n1. The molecule has 13 heteroatoms. The second-order valence-corrected chi connectivity index (χ2v) is 6.08. The highest BCUT2D eigenvalue weighted by molar-refractivity contribution is 9.10. The molecule has 0 spiro atoms. The first-order chi connectivity index (χ1) is 11.5. The summed E-state index contributed by atoms with van der Waals surface area (Å²) < 4.78 is 79.0. The number of thiazole rings is 1. The number of hydrazone groups is 1. The molecule has 0 saturated carbocycles. The molecule has 2 rings (SSSR count). The van der Waals surface area contributed by atoms with Crippen LogP contribution in [-0.2, 0) is 6.18 Å². The largest absolute Gasteiger partial charge is 0.573 e. The highest BCUT2D eigenvalue weighted by Gasteiger charge is 2.40. The van der Waals surface area contributed by atoms with Gasteiger partial charge < -0.3 is 10.5 Å². The van der Waals surface area contributed by atoms with Crippen molar-refractivity contribution in [2.75, 3.05) is 11.2 Å². The van der Waals surface area contributed by atoms with Crippen LogP contribution in [0.2, 0.25) is 0 Å². The lowest BCUT2D eigenvalue weighted by Crippen LogP contribution is -2.20. The highest BCUT2D eigenvalue weighted by atomic mass is 79.9. The first-order valence-corrected chi connectivity index (χ1v) is 7.79. The lowest BCUT2D eigenvalue weighted by molar-refractivity contribution is -0.276. The Morgan fingerprint density at radius 2 is 1.92 bits per heavy atom. The standard InChI is InChI=1S/C12H7BrF6N4OS/c13-7-2-5(3-21-23-10-22-8(20)4-25-10)1-6(11(14,15)16)9(7)24-12(17,18)19/h1-4H,20H2,(H,22,23). The molecule has 0 radical (unpaired) electrons. The molecule has 0 aliphatic rings. The van der Waals surface area contributed by atoms with Crippen molar-refractivity contribution in [2.24, 2.45) is 5.10 Å². The molecule has 0 aliphatic carbocycles. The van der Waals surface area contributed by atoms with Crippen molar-refractivity contribution in [3.05, 3.63) is 33.1 Å². The number of benzene rings is 1. The molecule has 1 aromatic carbocycles. The quantitative estimate of drug-likeness (QED) is 0.398. The van der Waals surface area contributed by atoms with Crippen molar-refractivity contribution in [2.45, 2.75) is 12.5 Å². The molecule has 0 amide bonds. The Bertz CT molecular complexity index is 789. The van der Waals surface area contributed by atoms with E-state index >= 15 is 0 Å². The molecule has 136 valence electrons. The van der Waals surface area contributed by atoms with Gasteiger partial charge in [0.1, 0.15) is 5.82 Å². The maximum absolute atomic E-state index is 13.0. The van der Waals surface area contributed by atoms with Gasteiger partial charge in [-0.2, -0.15) is 18.3 Å². The zero-order valence-corrected chi connectivity index (χ0v) is 14.1. The summed E-state index contributed by atoms with van der Waals surface area (Å²) in [5.74, 6) is -1.14. The van der Waals surface area contributed by atoms with E-state index in [0.717, 1.165) is 23.6 Å². The maximum Gasteiger partial charge on any atom is 0.573 e. The van der Waals surface area contributed by atoms with E-state index in [-0.39, 0.29) is 11.4 Å². The third-order valence-corrected chi connectivity index (χ3v) is 3.84. The van der Waals surface area contributed by atoms with Crippen LogP contribution >= 0.6 is 27.3 Å². The number of aromatic nitrogens is 1. The monoisotopic (exact) mass is 448 g/mol. The number of nitrogen functional groups attached to an aromatic ring is 1. The summed E-state index contributed by atoms with van der Waals surface area (Å²) in [6, 6.07) is 1.48. The Morgan fingerprint density at radius 3 is 2.44 bits per heavy atom. The van der Waals surface area contributed by atoms with Crippen molar-refractivity contribution in [1.29, 1.82) is 0 Å². The van der Waals surface area contributed by atoms with Gasteiger partial charge in [-0.3, -0.25) is 5.43 Å². The fourth-order valence-corrected chi connectivity index (χ4v) is 2.73. The number of anilines is 2. The molecule has 0 saturated heterocycles. The van der Waals surface area contributed by atoms with Crippen LogP contribution in [0.3, 0.4) is 0 Å². The second-order valence-electron chi connectivity index (χ2n) is 4.37. The molecule has 0 unspecified atom stereocenters. The zero-order chi connectivity index (χ0) is 18.8. The maximum atomic E-state index is 13.0. The molecule has 1 aromatic heterocycles. The predicted molar refractivity (Wildman–Crippen MR) is 83.6 cm³/mol. The summed E-state index contributed by atoms with van der Waals surface area (Å²) in [4.78, 5) is 3.81. The van der Waals surface area contributed by atoms with Crippen LogP contribution in [0.15, 0.2) is 27.1 Å². The van der Waals surface area contributed by atoms with Gasteiger partial charge in [0.05, 0.1) is 16.3 Å². The Kier molecular flexibility index (Phi) is 5.46. The average molecular weight is 449 g/mol. The summed E-state index contributed by atoms with van der Waals surface area (Å²) in [7, 11) is 0.